The normalized spacial score (nSPS) is 14.0. The second-order valence-corrected chi connectivity index (χ2v) is 9.93. The zero-order chi connectivity index (χ0) is 25.9. The Labute approximate surface area is 221 Å². The molecular weight excluding hydrogens is 462 g/mol. The molecule has 0 radical (unpaired) electrons. The summed E-state index contributed by atoms with van der Waals surface area (Å²) in [7, 11) is 1.67. The maximum Gasteiger partial charge on any atom is 0.223 e. The molecular formula is C31H41N3O3. The first kappa shape index (κ1) is 26.8. The first-order valence-corrected chi connectivity index (χ1v) is 13.8. The third-order valence-corrected chi connectivity index (χ3v) is 7.23. The number of hydrogen-bond acceptors (Lipinski definition) is 4. The fraction of sp³-hybridized carbons (Fsp3) is 0.484. The Kier molecular flexibility index (Phi) is 10.0. The molecule has 1 aromatic heterocycles. The summed E-state index contributed by atoms with van der Waals surface area (Å²) in [6.45, 7) is 6.03. The zero-order valence-electron chi connectivity index (χ0n) is 22.2. The zero-order valence-corrected chi connectivity index (χ0v) is 22.2. The van der Waals surface area contributed by atoms with Crippen molar-refractivity contribution >= 4 is 16.9 Å². The predicted molar refractivity (Wildman–Crippen MR) is 149 cm³/mol. The molecule has 2 aromatic carbocycles. The lowest BCUT2D eigenvalue weighted by Crippen LogP contribution is -2.32. The Morgan fingerprint density at radius 3 is 2.76 bits per heavy atom. The van der Waals surface area contributed by atoms with Crippen LogP contribution in [0.25, 0.3) is 11.0 Å². The average Bonchev–Trinajstić information content (AvgIpc) is 3.29. The van der Waals surface area contributed by atoms with E-state index in [1.165, 1.54) is 24.8 Å². The number of aryl methyl sites for hydroxylation is 2. The van der Waals surface area contributed by atoms with Crippen molar-refractivity contribution in [3.63, 3.8) is 0 Å². The second kappa shape index (κ2) is 13.9. The highest BCUT2D eigenvalue weighted by molar-refractivity contribution is 5.78. The number of allylic oxidation sites excluding steroid dienone is 1. The summed E-state index contributed by atoms with van der Waals surface area (Å²) < 4.78 is 13.9. The van der Waals surface area contributed by atoms with Crippen LogP contribution in [0.15, 0.2) is 55.1 Å². The average molecular weight is 504 g/mol. The Morgan fingerprint density at radius 2 is 1.95 bits per heavy atom. The van der Waals surface area contributed by atoms with Crippen LogP contribution >= 0.6 is 0 Å². The molecule has 0 unspecified atom stereocenters. The van der Waals surface area contributed by atoms with Gasteiger partial charge in [-0.3, -0.25) is 4.79 Å². The van der Waals surface area contributed by atoms with Gasteiger partial charge in [-0.25, -0.2) is 4.98 Å². The quantitative estimate of drug-likeness (QED) is 0.208. The lowest BCUT2D eigenvalue weighted by Gasteiger charge is -2.20. The Balaban J connectivity index is 1.27. The van der Waals surface area contributed by atoms with Gasteiger partial charge in [-0.05, 0) is 68.4 Å². The molecule has 0 bridgehead atoms. The number of carbonyl (C=O) groups is 1. The van der Waals surface area contributed by atoms with Crippen LogP contribution in [0.3, 0.4) is 0 Å². The van der Waals surface area contributed by atoms with E-state index in [9.17, 15) is 4.79 Å². The van der Waals surface area contributed by atoms with Gasteiger partial charge < -0.3 is 19.4 Å². The van der Waals surface area contributed by atoms with Gasteiger partial charge in [-0.15, -0.1) is 6.58 Å². The summed E-state index contributed by atoms with van der Waals surface area (Å²) in [6, 6.07) is 14.4. The molecule has 0 saturated heterocycles. The Bertz CT molecular complexity index is 1160. The number of amides is 1. The second-order valence-electron chi connectivity index (χ2n) is 9.93. The number of fused-ring (bicyclic) bond motifs is 1. The van der Waals surface area contributed by atoms with Gasteiger partial charge in [-0.1, -0.05) is 43.5 Å². The molecule has 1 saturated carbocycles. The summed E-state index contributed by atoms with van der Waals surface area (Å²) in [4.78, 5) is 17.4. The number of ether oxygens (including phenoxy) is 2. The maximum absolute atomic E-state index is 12.5. The van der Waals surface area contributed by atoms with Crippen molar-refractivity contribution in [1.29, 1.82) is 0 Å². The third-order valence-electron chi connectivity index (χ3n) is 7.23. The lowest BCUT2D eigenvalue weighted by atomic mass is 9.89. The number of nitrogens with zero attached hydrogens (tertiary/aromatic N) is 2. The number of para-hydroxylation sites is 2. The molecule has 1 heterocycles. The van der Waals surface area contributed by atoms with Crippen molar-refractivity contribution < 1.29 is 14.3 Å². The van der Waals surface area contributed by atoms with Gasteiger partial charge in [0.2, 0.25) is 5.91 Å². The standard InChI is InChI=1S/C31H41N3O3/c1-3-12-24-18-19-28(29(23-24)36-2)37-22-10-9-21-34-27-16-8-7-15-26(27)33-30(34)17-11-20-32-31(35)25-13-5-4-6-14-25/h3,7-8,15-16,18-19,23,25H,1,4-6,9-14,17,20-22H2,2H3,(H,32,35). The van der Waals surface area contributed by atoms with Crippen LogP contribution in [0.5, 0.6) is 11.5 Å². The van der Waals surface area contributed by atoms with E-state index in [0.717, 1.165) is 79.9 Å². The summed E-state index contributed by atoms with van der Waals surface area (Å²) >= 11 is 0. The minimum absolute atomic E-state index is 0.214. The minimum atomic E-state index is 0.214. The van der Waals surface area contributed by atoms with Crippen molar-refractivity contribution in [2.75, 3.05) is 20.3 Å². The molecule has 0 aliphatic heterocycles. The van der Waals surface area contributed by atoms with Gasteiger partial charge in [0.1, 0.15) is 5.82 Å². The highest BCUT2D eigenvalue weighted by Crippen LogP contribution is 2.29. The molecule has 1 N–H and O–H groups in total. The van der Waals surface area contributed by atoms with E-state index >= 15 is 0 Å². The molecule has 6 heteroatoms. The predicted octanol–water partition coefficient (Wildman–Crippen LogP) is 6.26. The van der Waals surface area contributed by atoms with Crippen LogP contribution in [-0.2, 0) is 24.2 Å². The molecule has 1 aliphatic rings. The SMILES string of the molecule is C=CCc1ccc(OCCCCn2c(CCCNC(=O)C3CCCCC3)nc3ccccc32)c(OC)c1. The van der Waals surface area contributed by atoms with Crippen LogP contribution in [0, 0.1) is 5.92 Å². The van der Waals surface area contributed by atoms with Crippen LogP contribution < -0.4 is 14.8 Å². The van der Waals surface area contributed by atoms with Crippen LogP contribution in [0.2, 0.25) is 0 Å². The van der Waals surface area contributed by atoms with Crippen LogP contribution in [0.1, 0.15) is 62.8 Å². The molecule has 3 aromatic rings. The summed E-state index contributed by atoms with van der Waals surface area (Å²) in [5.74, 6) is 3.08. The van der Waals surface area contributed by atoms with E-state index in [1.807, 2.05) is 24.3 Å². The van der Waals surface area contributed by atoms with E-state index in [4.69, 9.17) is 14.5 Å². The van der Waals surface area contributed by atoms with Crippen molar-refractivity contribution in [2.45, 2.75) is 70.8 Å². The van der Waals surface area contributed by atoms with E-state index in [1.54, 1.807) is 7.11 Å². The van der Waals surface area contributed by atoms with E-state index < -0.39 is 0 Å². The maximum atomic E-state index is 12.5. The number of aromatic nitrogens is 2. The molecule has 6 nitrogen and oxygen atoms in total. The molecule has 0 spiro atoms. The minimum Gasteiger partial charge on any atom is -0.493 e. The number of carbonyl (C=O) groups excluding carboxylic acids is 1. The Hall–Kier alpha value is -3.28. The summed E-state index contributed by atoms with van der Waals surface area (Å²) in [5, 5.41) is 3.16. The van der Waals surface area contributed by atoms with E-state index in [2.05, 4.69) is 40.7 Å². The van der Waals surface area contributed by atoms with Crippen molar-refractivity contribution in [3.05, 3.63) is 66.5 Å². The number of imidazole rings is 1. The summed E-state index contributed by atoms with van der Waals surface area (Å²) in [5.41, 5.74) is 3.36. The first-order valence-electron chi connectivity index (χ1n) is 13.8. The Morgan fingerprint density at radius 1 is 1.11 bits per heavy atom. The molecule has 4 rings (SSSR count). The fourth-order valence-corrected chi connectivity index (χ4v) is 5.21. The molecule has 1 fully saturated rings. The number of unbranched alkanes of at least 4 members (excludes halogenated alkanes) is 1. The monoisotopic (exact) mass is 503 g/mol. The van der Waals surface area contributed by atoms with Gasteiger partial charge in [0.05, 0.1) is 24.8 Å². The largest absolute Gasteiger partial charge is 0.493 e. The smallest absolute Gasteiger partial charge is 0.223 e. The number of hydrogen-bond donors (Lipinski definition) is 1. The highest BCUT2D eigenvalue weighted by atomic mass is 16.5. The van der Waals surface area contributed by atoms with E-state index in [-0.39, 0.29) is 11.8 Å². The van der Waals surface area contributed by atoms with Gasteiger partial charge in [0.15, 0.2) is 11.5 Å². The van der Waals surface area contributed by atoms with Gasteiger partial charge in [0, 0.05) is 25.4 Å². The summed E-state index contributed by atoms with van der Waals surface area (Å²) in [6.07, 6.45) is 12.1. The van der Waals surface area contributed by atoms with Gasteiger partial charge >= 0.3 is 0 Å². The molecule has 37 heavy (non-hydrogen) atoms. The van der Waals surface area contributed by atoms with Gasteiger partial charge in [-0.2, -0.15) is 0 Å². The number of rotatable bonds is 14. The van der Waals surface area contributed by atoms with Crippen LogP contribution in [-0.4, -0.2) is 35.7 Å². The third kappa shape index (κ3) is 7.37. The number of benzene rings is 2. The lowest BCUT2D eigenvalue weighted by molar-refractivity contribution is -0.125. The molecule has 1 aliphatic carbocycles. The first-order chi connectivity index (χ1) is 18.2. The van der Waals surface area contributed by atoms with Crippen molar-refractivity contribution in [1.82, 2.24) is 14.9 Å². The van der Waals surface area contributed by atoms with Gasteiger partial charge in [0.25, 0.3) is 0 Å². The molecule has 0 atom stereocenters. The highest BCUT2D eigenvalue weighted by Gasteiger charge is 2.20. The van der Waals surface area contributed by atoms with Crippen molar-refractivity contribution in [2.24, 2.45) is 5.92 Å². The number of nitrogens with one attached hydrogen (secondary N) is 1. The molecule has 1 amide bonds. The van der Waals surface area contributed by atoms with E-state index in [0.29, 0.717) is 13.2 Å². The number of methoxy groups -OCH3 is 1. The fourth-order valence-electron chi connectivity index (χ4n) is 5.21. The van der Waals surface area contributed by atoms with Crippen molar-refractivity contribution in [3.8, 4) is 11.5 Å². The van der Waals surface area contributed by atoms with Crippen LogP contribution in [0.4, 0.5) is 0 Å². The topological polar surface area (TPSA) is 65.4 Å². The molecule has 198 valence electrons.